The van der Waals surface area contributed by atoms with E-state index in [1.54, 1.807) is 22.0 Å². The average molecular weight is 1200 g/mol. The molecule has 0 amide bonds. The molecule has 0 bridgehead atoms. The van der Waals surface area contributed by atoms with Gasteiger partial charge in [-0.25, -0.2) is 16.8 Å². The van der Waals surface area contributed by atoms with Gasteiger partial charge in [-0.1, -0.05) is 13.8 Å². The molecule has 0 atom stereocenters. The summed E-state index contributed by atoms with van der Waals surface area (Å²) in [5.41, 5.74) is -14.4. The molecular weight excluding hydrogens is 1180 g/mol. The summed E-state index contributed by atoms with van der Waals surface area (Å²) in [5.74, 6) is 0. The van der Waals surface area contributed by atoms with Crippen molar-refractivity contribution in [1.82, 2.24) is 0 Å². The van der Waals surface area contributed by atoms with E-state index in [-0.39, 0.29) is 24.6 Å². The van der Waals surface area contributed by atoms with Gasteiger partial charge in [-0.2, -0.15) is 79.0 Å². The highest BCUT2D eigenvalue weighted by molar-refractivity contribution is 7.86. The van der Waals surface area contributed by atoms with E-state index >= 15 is 0 Å². The van der Waals surface area contributed by atoms with Crippen LogP contribution in [-0.2, 0) is 44.9 Å². The zero-order valence-corrected chi connectivity index (χ0v) is 36.8. The predicted molar refractivity (Wildman–Crippen MR) is 166 cm³/mol. The molecule has 0 saturated heterocycles. The Balaban J connectivity index is -0.000000748. The molecule has 0 saturated carbocycles. The van der Waals surface area contributed by atoms with Crippen molar-refractivity contribution >= 4 is 43.4 Å². The average Bonchev–Trinajstić information content (AvgIpc) is 3.03. The van der Waals surface area contributed by atoms with Crippen LogP contribution in [0.25, 0.3) is 0 Å². The lowest BCUT2D eigenvalue weighted by Crippen LogP contribution is -3.59. The van der Waals surface area contributed by atoms with Crippen molar-refractivity contribution in [3.05, 3.63) is 85.1 Å². The zero-order chi connectivity index (χ0) is 47.8. The van der Waals surface area contributed by atoms with E-state index in [0.29, 0.717) is 0 Å². The van der Waals surface area contributed by atoms with Gasteiger partial charge in [0.2, 0.25) is 0 Å². The summed E-state index contributed by atoms with van der Waals surface area (Å²) in [4.78, 5) is 0. The second-order valence-corrected chi connectivity index (χ2v) is 18.7. The second kappa shape index (κ2) is 25.0. The lowest BCUT2D eigenvalue weighted by Gasteiger charge is -2.10. The third-order valence-electron chi connectivity index (χ3n) is 5.52. The minimum atomic E-state index is -6.09. The quantitative estimate of drug-likeness (QED) is 0.113. The fourth-order valence-corrected chi connectivity index (χ4v) is 7.15. The SMILES string of the molecule is CC/C(C)=C\[I+]c1cc(C(F)(F)F)cc(C(F)(F)F)c1.CC/C(C)=C\[I+]c1cc(C(F)(F)F)cc(C(F)(F)F)c1.ClCCl.O=S(=O)([O-])C(F)(F)F.O=S(=O)([O-])C(F)(F)F. The lowest BCUT2D eigenvalue weighted by atomic mass is 10.1. The van der Waals surface area contributed by atoms with Crippen molar-refractivity contribution in [2.45, 2.75) is 76.3 Å². The van der Waals surface area contributed by atoms with Crippen LogP contribution < -0.4 is 42.4 Å². The standard InChI is InChI=1S/2C13H12F6I.CH2Cl2.2CHF3O3S/c2*1-3-8(2)7-20-11-5-9(12(14,15)16)4-10(6-11)13(17,18)19;2-1-3;2*2-1(3,4)8(5,6)7/h2*4-7H,3H2,1-2H3;1H2;2*(H,5,6,7)/q2*+1;;;/p-2/b2*8-7-;;;. The van der Waals surface area contributed by atoms with Crippen LogP contribution in [0.3, 0.4) is 0 Å². The van der Waals surface area contributed by atoms with Crippen LogP contribution in [0.15, 0.2) is 55.7 Å². The number of allylic oxidation sites excluding steroid dienone is 2. The molecule has 0 N–H and O–H groups in total. The Morgan fingerprint density at radius 3 is 0.797 bits per heavy atom. The van der Waals surface area contributed by atoms with Gasteiger partial charge in [-0.3, -0.25) is 0 Å². The molecule has 344 valence electrons. The largest absolute Gasteiger partial charge is 0.741 e. The lowest BCUT2D eigenvalue weighted by molar-refractivity contribution is -0.558. The Morgan fingerprint density at radius 1 is 0.508 bits per heavy atom. The molecular formula is C29H26Cl2F18I2O6S2. The molecule has 2 rings (SSSR count). The van der Waals surface area contributed by atoms with Crippen LogP contribution in [0.2, 0.25) is 0 Å². The molecule has 0 aliphatic carbocycles. The fraction of sp³-hybridized carbons (Fsp3) is 0.448. The fourth-order valence-electron chi connectivity index (χ4n) is 2.43. The molecule has 0 heterocycles. The number of rotatable bonds is 6. The summed E-state index contributed by atoms with van der Waals surface area (Å²) < 4.78 is 273. The van der Waals surface area contributed by atoms with Crippen LogP contribution in [0, 0.1) is 7.14 Å². The normalized spacial score (nSPS) is 13.4. The van der Waals surface area contributed by atoms with E-state index < -0.39 is 121 Å². The summed E-state index contributed by atoms with van der Waals surface area (Å²) in [6.07, 6.45) is -17.6. The van der Waals surface area contributed by atoms with Gasteiger partial charge in [-0.05, 0) is 50.0 Å². The third kappa shape index (κ3) is 27.2. The van der Waals surface area contributed by atoms with Gasteiger partial charge in [0.25, 0.3) is 0 Å². The molecule has 0 aromatic heterocycles. The van der Waals surface area contributed by atoms with Crippen molar-refractivity contribution in [2.75, 3.05) is 5.34 Å². The van der Waals surface area contributed by atoms with E-state index in [0.717, 1.165) is 48.3 Å². The minimum absolute atomic E-state index is 0.110. The van der Waals surface area contributed by atoms with E-state index in [4.69, 9.17) is 49.1 Å². The maximum absolute atomic E-state index is 12.6. The van der Waals surface area contributed by atoms with Crippen molar-refractivity contribution in [3.8, 4) is 0 Å². The Labute approximate surface area is 355 Å². The van der Waals surface area contributed by atoms with Gasteiger partial charge in [0.15, 0.2) is 35.5 Å². The number of halogens is 22. The Morgan fingerprint density at radius 2 is 0.678 bits per heavy atom. The van der Waals surface area contributed by atoms with Crippen LogP contribution in [0.4, 0.5) is 79.0 Å². The molecule has 0 spiro atoms. The van der Waals surface area contributed by atoms with Crippen molar-refractivity contribution < 1.29 is 147 Å². The third-order valence-corrected chi connectivity index (χ3v) is 12.1. The van der Waals surface area contributed by atoms with Gasteiger partial charge in [0.05, 0.1) is 27.6 Å². The molecule has 6 nitrogen and oxygen atoms in total. The number of hydrogen-bond acceptors (Lipinski definition) is 6. The van der Waals surface area contributed by atoms with Crippen LogP contribution >= 0.6 is 23.2 Å². The minimum Gasteiger partial charge on any atom is -0.741 e. The maximum Gasteiger partial charge on any atom is 0.485 e. The van der Waals surface area contributed by atoms with Gasteiger partial charge in [0, 0.05) is 24.3 Å². The topological polar surface area (TPSA) is 114 Å². The van der Waals surface area contributed by atoms with E-state index in [9.17, 15) is 79.0 Å². The molecule has 30 heteroatoms. The van der Waals surface area contributed by atoms with E-state index in [1.165, 1.54) is 0 Å². The summed E-state index contributed by atoms with van der Waals surface area (Å²) in [6.45, 7) is 7.36. The van der Waals surface area contributed by atoms with Crippen LogP contribution in [0.5, 0.6) is 0 Å². The van der Waals surface area contributed by atoms with Gasteiger partial charge in [0.1, 0.15) is 0 Å². The second-order valence-electron chi connectivity index (χ2n) is 10.2. The maximum atomic E-state index is 12.6. The number of benzene rings is 2. The molecule has 0 aliphatic rings. The molecule has 0 radical (unpaired) electrons. The van der Waals surface area contributed by atoms with E-state index in [2.05, 4.69) is 0 Å². The smallest absolute Gasteiger partial charge is 0.485 e. The Bertz CT molecular complexity index is 1690. The summed E-state index contributed by atoms with van der Waals surface area (Å²) in [6, 6.07) is 3.54. The van der Waals surface area contributed by atoms with Crippen molar-refractivity contribution in [3.63, 3.8) is 0 Å². The summed E-state index contributed by atoms with van der Waals surface area (Å²) in [5, 5.41) is 0.194. The highest BCUT2D eigenvalue weighted by Crippen LogP contribution is 2.36. The molecule has 0 fully saturated rings. The van der Waals surface area contributed by atoms with Crippen molar-refractivity contribution in [1.29, 1.82) is 0 Å². The predicted octanol–water partition coefficient (Wildman–Crippen LogP) is 6.12. The van der Waals surface area contributed by atoms with Crippen LogP contribution in [-0.4, -0.2) is 42.3 Å². The molecule has 0 unspecified atom stereocenters. The Hall–Kier alpha value is -1.48. The first-order chi connectivity index (χ1) is 26.0. The molecule has 59 heavy (non-hydrogen) atoms. The summed E-state index contributed by atoms with van der Waals surface area (Å²) in [7, 11) is -12.2. The van der Waals surface area contributed by atoms with E-state index in [1.807, 2.05) is 13.8 Å². The first-order valence-corrected chi connectivity index (χ1v) is 22.9. The highest BCUT2D eigenvalue weighted by atomic mass is 127. The number of alkyl halides is 20. The molecule has 0 aliphatic heterocycles. The van der Waals surface area contributed by atoms with Gasteiger partial charge >= 0.3 is 78.1 Å². The molecule has 2 aromatic carbocycles. The zero-order valence-electron chi connectivity index (χ0n) is 29.3. The van der Waals surface area contributed by atoms with Crippen LogP contribution in [0.1, 0.15) is 62.8 Å². The molecule has 2 aromatic rings. The summed E-state index contributed by atoms with van der Waals surface area (Å²) >= 11 is 7.50. The Kier molecular flexibility index (Phi) is 26.2. The van der Waals surface area contributed by atoms with Gasteiger partial charge in [-0.15, -0.1) is 23.2 Å². The van der Waals surface area contributed by atoms with Crippen molar-refractivity contribution in [2.24, 2.45) is 0 Å². The van der Waals surface area contributed by atoms with Gasteiger partial charge < -0.3 is 9.11 Å². The first-order valence-electron chi connectivity index (χ1n) is 14.3. The monoisotopic (exact) mass is 1200 g/mol. The first kappa shape index (κ1) is 61.8. The highest BCUT2D eigenvalue weighted by Gasteiger charge is 2.40. The number of hydrogen-bond donors (Lipinski definition) is 0.